The molecule has 5 heteroatoms. The van der Waals surface area contributed by atoms with Crippen LogP contribution in [0.15, 0.2) is 12.3 Å². The van der Waals surface area contributed by atoms with E-state index < -0.39 is 0 Å². The Labute approximate surface area is 120 Å². The number of hydrogen-bond donors (Lipinski definition) is 1. The van der Waals surface area contributed by atoms with Crippen molar-refractivity contribution in [3.63, 3.8) is 0 Å². The normalized spacial score (nSPS) is 19.9. The van der Waals surface area contributed by atoms with Gasteiger partial charge in [-0.3, -0.25) is 4.90 Å². The summed E-state index contributed by atoms with van der Waals surface area (Å²) in [7, 11) is 2.05. The molecule has 0 radical (unpaired) electrons. The Kier molecular flexibility index (Phi) is 5.02. The van der Waals surface area contributed by atoms with Crippen LogP contribution in [-0.4, -0.2) is 47.7 Å². The first-order chi connectivity index (χ1) is 9.15. The molecule has 0 aliphatic carbocycles. The summed E-state index contributed by atoms with van der Waals surface area (Å²) in [5.74, 6) is 0.872. The number of anilines is 1. The molecule has 0 amide bonds. The number of hydrogen-bond acceptors (Lipinski definition) is 4. The predicted molar refractivity (Wildman–Crippen MR) is 78.7 cm³/mol. The Hall–Kier alpha value is -0.840. The number of halogens is 1. The number of aliphatic hydroxyl groups is 1. The van der Waals surface area contributed by atoms with Gasteiger partial charge in [0.05, 0.1) is 11.6 Å². The maximum Gasteiger partial charge on any atom is 0.128 e. The number of likely N-dealkylation sites (N-methyl/N-ethyl adjacent to an activating group) is 2. The molecule has 4 nitrogen and oxygen atoms in total. The molecule has 1 aromatic rings. The summed E-state index contributed by atoms with van der Waals surface area (Å²) >= 11 is 5.97. The molecule has 2 heterocycles. The molecular weight excluding hydrogens is 262 g/mol. The highest BCUT2D eigenvalue weighted by Crippen LogP contribution is 2.22. The van der Waals surface area contributed by atoms with Gasteiger partial charge in [0.25, 0.3) is 0 Å². The Balaban J connectivity index is 2.05. The second-order valence-electron chi connectivity index (χ2n) is 5.10. The van der Waals surface area contributed by atoms with Gasteiger partial charge in [-0.05, 0) is 32.0 Å². The van der Waals surface area contributed by atoms with E-state index in [2.05, 4.69) is 21.7 Å². The lowest BCUT2D eigenvalue weighted by molar-refractivity contribution is 0.270. The van der Waals surface area contributed by atoms with Crippen molar-refractivity contribution in [1.29, 1.82) is 0 Å². The van der Waals surface area contributed by atoms with Crippen molar-refractivity contribution >= 4 is 17.4 Å². The number of aromatic nitrogens is 1. The molecule has 2 rings (SSSR count). The molecule has 106 valence electrons. The van der Waals surface area contributed by atoms with E-state index >= 15 is 0 Å². The van der Waals surface area contributed by atoms with Crippen LogP contribution in [0, 0.1) is 0 Å². The molecule has 1 aliphatic heterocycles. The van der Waals surface area contributed by atoms with Gasteiger partial charge >= 0.3 is 0 Å². The van der Waals surface area contributed by atoms with Crippen molar-refractivity contribution in [3.05, 3.63) is 22.8 Å². The Morgan fingerprint density at radius 1 is 1.58 bits per heavy atom. The van der Waals surface area contributed by atoms with Crippen LogP contribution < -0.4 is 4.90 Å². The third-order valence-electron chi connectivity index (χ3n) is 3.87. The van der Waals surface area contributed by atoms with Gasteiger partial charge < -0.3 is 10.0 Å². The van der Waals surface area contributed by atoms with Gasteiger partial charge in [-0.2, -0.15) is 0 Å². The van der Waals surface area contributed by atoms with E-state index in [1.807, 2.05) is 13.1 Å². The Bertz CT molecular complexity index is 427. The topological polar surface area (TPSA) is 39.6 Å². The number of nitrogens with zero attached hydrogens (tertiary/aromatic N) is 3. The molecule has 1 N–H and O–H groups in total. The van der Waals surface area contributed by atoms with E-state index in [9.17, 15) is 5.11 Å². The Morgan fingerprint density at radius 2 is 2.37 bits per heavy atom. The fourth-order valence-electron chi connectivity index (χ4n) is 2.73. The first-order valence-electron chi connectivity index (χ1n) is 6.86. The zero-order chi connectivity index (χ0) is 13.8. The monoisotopic (exact) mass is 283 g/mol. The minimum atomic E-state index is -0.0489. The van der Waals surface area contributed by atoms with Crippen LogP contribution in [0.1, 0.15) is 25.3 Å². The fourth-order valence-corrected chi connectivity index (χ4v) is 2.89. The van der Waals surface area contributed by atoms with Gasteiger partial charge in [-0.15, -0.1) is 0 Å². The average molecular weight is 284 g/mol. The summed E-state index contributed by atoms with van der Waals surface area (Å²) in [5.41, 5.74) is 0.734. The van der Waals surface area contributed by atoms with Crippen molar-refractivity contribution in [2.45, 2.75) is 32.4 Å². The molecule has 0 saturated carbocycles. The van der Waals surface area contributed by atoms with Crippen LogP contribution in [0.2, 0.25) is 5.02 Å². The lowest BCUT2D eigenvalue weighted by Gasteiger charge is -2.28. The number of likely N-dealkylation sites (tertiary alicyclic amines) is 1. The van der Waals surface area contributed by atoms with E-state index in [1.165, 1.54) is 19.4 Å². The molecule has 0 spiro atoms. The van der Waals surface area contributed by atoms with E-state index in [4.69, 9.17) is 11.6 Å². The highest BCUT2D eigenvalue weighted by Gasteiger charge is 2.24. The maximum atomic E-state index is 9.25. The lowest BCUT2D eigenvalue weighted by Crippen LogP contribution is -2.39. The highest BCUT2D eigenvalue weighted by molar-refractivity contribution is 6.31. The van der Waals surface area contributed by atoms with Crippen LogP contribution in [0.3, 0.4) is 0 Å². The third kappa shape index (κ3) is 3.38. The van der Waals surface area contributed by atoms with Gasteiger partial charge in [-0.1, -0.05) is 18.5 Å². The second kappa shape index (κ2) is 6.55. The quantitative estimate of drug-likeness (QED) is 0.899. The predicted octanol–water partition coefficient (Wildman–Crippen LogP) is 2.15. The van der Waals surface area contributed by atoms with E-state index in [1.54, 1.807) is 6.20 Å². The van der Waals surface area contributed by atoms with Gasteiger partial charge in [0.15, 0.2) is 0 Å². The van der Waals surface area contributed by atoms with Crippen molar-refractivity contribution in [2.24, 2.45) is 0 Å². The summed E-state index contributed by atoms with van der Waals surface area (Å²) in [6, 6.07) is 2.47. The van der Waals surface area contributed by atoms with Gasteiger partial charge in [0, 0.05) is 31.4 Å². The largest absolute Gasteiger partial charge is 0.392 e. The van der Waals surface area contributed by atoms with Crippen molar-refractivity contribution in [2.75, 3.05) is 31.6 Å². The summed E-state index contributed by atoms with van der Waals surface area (Å²) in [4.78, 5) is 9.00. The molecule has 0 aromatic carbocycles. The molecule has 1 aromatic heterocycles. The zero-order valence-corrected chi connectivity index (χ0v) is 12.4. The summed E-state index contributed by atoms with van der Waals surface area (Å²) in [6.45, 7) is 5.43. The SMILES string of the molecule is CCN1CCCC1CN(C)c1cc(CO)c(Cl)cn1. The van der Waals surface area contributed by atoms with Crippen LogP contribution in [0.4, 0.5) is 5.82 Å². The minimum Gasteiger partial charge on any atom is -0.392 e. The fraction of sp³-hybridized carbons (Fsp3) is 0.643. The zero-order valence-electron chi connectivity index (χ0n) is 11.6. The van der Waals surface area contributed by atoms with Crippen LogP contribution in [0.5, 0.6) is 0 Å². The number of rotatable bonds is 5. The highest BCUT2D eigenvalue weighted by atomic mass is 35.5. The molecule has 1 unspecified atom stereocenters. The molecule has 1 saturated heterocycles. The van der Waals surface area contributed by atoms with Crippen molar-refractivity contribution in [1.82, 2.24) is 9.88 Å². The second-order valence-corrected chi connectivity index (χ2v) is 5.50. The first-order valence-corrected chi connectivity index (χ1v) is 7.24. The molecule has 19 heavy (non-hydrogen) atoms. The molecule has 1 fully saturated rings. The maximum absolute atomic E-state index is 9.25. The Morgan fingerprint density at radius 3 is 3.05 bits per heavy atom. The standard InChI is InChI=1S/C14H22ClN3O/c1-3-18-6-4-5-12(18)9-17(2)14-7-11(10-19)13(15)8-16-14/h7-8,12,19H,3-6,9-10H2,1-2H3. The summed E-state index contributed by atoms with van der Waals surface area (Å²) < 4.78 is 0. The lowest BCUT2D eigenvalue weighted by atomic mass is 10.2. The molecule has 1 atom stereocenters. The van der Waals surface area contributed by atoms with Gasteiger partial charge in [0.1, 0.15) is 5.82 Å². The average Bonchev–Trinajstić information content (AvgIpc) is 2.86. The third-order valence-corrected chi connectivity index (χ3v) is 4.21. The molecule has 0 bridgehead atoms. The minimum absolute atomic E-state index is 0.0489. The smallest absolute Gasteiger partial charge is 0.128 e. The van der Waals surface area contributed by atoms with Crippen LogP contribution in [-0.2, 0) is 6.61 Å². The summed E-state index contributed by atoms with van der Waals surface area (Å²) in [6.07, 6.45) is 4.14. The molecule has 1 aliphatic rings. The van der Waals surface area contributed by atoms with Gasteiger partial charge in [0.2, 0.25) is 0 Å². The van der Waals surface area contributed by atoms with Gasteiger partial charge in [-0.25, -0.2) is 4.98 Å². The van der Waals surface area contributed by atoms with E-state index in [0.29, 0.717) is 11.1 Å². The van der Waals surface area contributed by atoms with Crippen molar-refractivity contribution in [3.8, 4) is 0 Å². The number of aliphatic hydroxyl groups excluding tert-OH is 1. The summed E-state index contributed by atoms with van der Waals surface area (Å²) in [5, 5.41) is 9.77. The van der Waals surface area contributed by atoms with E-state index in [0.717, 1.165) is 24.5 Å². The molecular formula is C14H22ClN3O. The number of pyridine rings is 1. The van der Waals surface area contributed by atoms with Crippen LogP contribution in [0.25, 0.3) is 0 Å². The van der Waals surface area contributed by atoms with E-state index in [-0.39, 0.29) is 6.61 Å². The van der Waals surface area contributed by atoms with Crippen molar-refractivity contribution < 1.29 is 5.11 Å². The first kappa shape index (κ1) is 14.6. The van der Waals surface area contributed by atoms with Crippen LogP contribution >= 0.6 is 11.6 Å².